The van der Waals surface area contributed by atoms with Gasteiger partial charge in [-0.1, -0.05) is 0 Å². The fraction of sp³-hybridized carbons (Fsp3) is 0.533. The molecule has 1 aliphatic rings. The SMILES string of the molecule is COc1ccc(S(=O)(=O)CCOC(=O)N2CCCC2CO)cc1. The second-order valence-corrected chi connectivity index (χ2v) is 7.39. The number of sulfone groups is 1. The smallest absolute Gasteiger partial charge is 0.410 e. The molecule has 2 rings (SSSR count). The highest BCUT2D eigenvalue weighted by atomic mass is 32.2. The van der Waals surface area contributed by atoms with Crippen LogP contribution >= 0.6 is 0 Å². The molecular formula is C15H21NO6S. The number of nitrogens with zero attached hydrogens (tertiary/aromatic N) is 1. The number of carbonyl (C=O) groups is 1. The van der Waals surface area contributed by atoms with Gasteiger partial charge in [0.05, 0.1) is 30.4 Å². The van der Waals surface area contributed by atoms with Gasteiger partial charge in [-0.15, -0.1) is 0 Å². The number of ether oxygens (including phenoxy) is 2. The maximum absolute atomic E-state index is 12.2. The number of hydrogen-bond donors (Lipinski definition) is 1. The summed E-state index contributed by atoms with van der Waals surface area (Å²) < 4.78 is 34.4. The molecule has 1 fully saturated rings. The van der Waals surface area contributed by atoms with Crippen molar-refractivity contribution in [2.45, 2.75) is 23.8 Å². The lowest BCUT2D eigenvalue weighted by Gasteiger charge is -2.22. The lowest BCUT2D eigenvalue weighted by atomic mass is 10.2. The molecular weight excluding hydrogens is 322 g/mol. The van der Waals surface area contributed by atoms with Gasteiger partial charge in [-0.25, -0.2) is 13.2 Å². The van der Waals surface area contributed by atoms with E-state index in [2.05, 4.69) is 0 Å². The van der Waals surface area contributed by atoms with Gasteiger partial charge in [0.2, 0.25) is 0 Å². The van der Waals surface area contributed by atoms with Gasteiger partial charge in [0.15, 0.2) is 9.84 Å². The number of likely N-dealkylation sites (tertiary alicyclic amines) is 1. The van der Waals surface area contributed by atoms with Crippen molar-refractivity contribution in [3.05, 3.63) is 24.3 Å². The number of carbonyl (C=O) groups excluding carboxylic acids is 1. The van der Waals surface area contributed by atoms with E-state index < -0.39 is 15.9 Å². The molecule has 1 saturated heterocycles. The third-order valence-electron chi connectivity index (χ3n) is 3.82. The summed E-state index contributed by atoms with van der Waals surface area (Å²) in [5, 5.41) is 9.18. The molecule has 1 atom stereocenters. The Hall–Kier alpha value is -1.80. The highest BCUT2D eigenvalue weighted by Crippen LogP contribution is 2.19. The van der Waals surface area contributed by atoms with Gasteiger partial charge in [0, 0.05) is 6.54 Å². The molecule has 1 aromatic carbocycles. The fourth-order valence-electron chi connectivity index (χ4n) is 2.49. The van der Waals surface area contributed by atoms with Crippen LogP contribution in [0, 0.1) is 0 Å². The molecule has 23 heavy (non-hydrogen) atoms. The molecule has 0 bridgehead atoms. The third kappa shape index (κ3) is 4.35. The van der Waals surface area contributed by atoms with Crippen LogP contribution in [0.15, 0.2) is 29.2 Å². The minimum absolute atomic E-state index is 0.112. The second kappa shape index (κ2) is 7.65. The summed E-state index contributed by atoms with van der Waals surface area (Å²) in [7, 11) is -2.02. The highest BCUT2D eigenvalue weighted by Gasteiger charge is 2.29. The Morgan fingerprint density at radius 1 is 1.35 bits per heavy atom. The first kappa shape index (κ1) is 17.6. The van der Waals surface area contributed by atoms with Crippen LogP contribution in [0.2, 0.25) is 0 Å². The van der Waals surface area contributed by atoms with Crippen LogP contribution in [0.1, 0.15) is 12.8 Å². The number of amides is 1. The molecule has 1 N–H and O–H groups in total. The number of methoxy groups -OCH3 is 1. The van der Waals surface area contributed by atoms with Crippen LogP contribution in [0.4, 0.5) is 4.79 Å². The van der Waals surface area contributed by atoms with Crippen molar-refractivity contribution in [2.24, 2.45) is 0 Å². The van der Waals surface area contributed by atoms with Crippen molar-refractivity contribution in [1.82, 2.24) is 4.90 Å². The lowest BCUT2D eigenvalue weighted by molar-refractivity contribution is 0.0889. The summed E-state index contributed by atoms with van der Waals surface area (Å²) in [6, 6.07) is 5.81. The average Bonchev–Trinajstić information content (AvgIpc) is 3.03. The molecule has 0 aliphatic carbocycles. The highest BCUT2D eigenvalue weighted by molar-refractivity contribution is 7.91. The summed E-state index contributed by atoms with van der Waals surface area (Å²) in [6.45, 7) is 0.191. The Labute approximate surface area is 135 Å². The van der Waals surface area contributed by atoms with E-state index in [1.807, 2.05) is 0 Å². The number of rotatable bonds is 6. The Morgan fingerprint density at radius 2 is 2.04 bits per heavy atom. The first-order valence-corrected chi connectivity index (χ1v) is 9.04. The number of benzene rings is 1. The van der Waals surface area contributed by atoms with Crippen molar-refractivity contribution in [1.29, 1.82) is 0 Å². The van der Waals surface area contributed by atoms with Crippen LogP contribution in [0.3, 0.4) is 0 Å². The molecule has 1 aliphatic heterocycles. The van der Waals surface area contributed by atoms with Crippen LogP contribution in [0.5, 0.6) is 5.75 Å². The number of aliphatic hydroxyl groups excluding tert-OH is 1. The maximum atomic E-state index is 12.2. The zero-order valence-corrected chi connectivity index (χ0v) is 13.8. The summed E-state index contributed by atoms with van der Waals surface area (Å²) in [6.07, 6.45) is 0.965. The summed E-state index contributed by atoms with van der Waals surface area (Å²) >= 11 is 0. The Kier molecular flexibility index (Phi) is 5.84. The molecule has 1 amide bonds. The summed E-state index contributed by atoms with van der Waals surface area (Å²) in [5.74, 6) is 0.280. The molecule has 0 spiro atoms. The molecule has 128 valence electrons. The Bertz CT molecular complexity index is 628. The normalized spacial score (nSPS) is 18.0. The summed E-state index contributed by atoms with van der Waals surface area (Å²) in [4.78, 5) is 13.5. The first-order chi connectivity index (χ1) is 11.0. The predicted octanol–water partition coefficient (Wildman–Crippen LogP) is 1.06. The molecule has 8 heteroatoms. The van der Waals surface area contributed by atoms with Crippen LogP contribution in [0.25, 0.3) is 0 Å². The minimum atomic E-state index is -3.52. The van der Waals surface area contributed by atoms with Crippen molar-refractivity contribution in [3.63, 3.8) is 0 Å². The van der Waals surface area contributed by atoms with Crippen molar-refractivity contribution < 1.29 is 27.8 Å². The molecule has 1 heterocycles. The quantitative estimate of drug-likeness (QED) is 0.830. The van der Waals surface area contributed by atoms with Crippen LogP contribution < -0.4 is 4.74 Å². The van der Waals surface area contributed by atoms with Crippen molar-refractivity contribution in [3.8, 4) is 5.75 Å². The van der Waals surface area contributed by atoms with Gasteiger partial charge < -0.3 is 19.5 Å². The van der Waals surface area contributed by atoms with E-state index in [0.717, 1.165) is 12.8 Å². The van der Waals surface area contributed by atoms with Crippen molar-refractivity contribution in [2.75, 3.05) is 32.6 Å². The lowest BCUT2D eigenvalue weighted by Crippen LogP contribution is -2.38. The zero-order valence-electron chi connectivity index (χ0n) is 13.0. The van der Waals surface area contributed by atoms with E-state index in [9.17, 15) is 18.3 Å². The minimum Gasteiger partial charge on any atom is -0.497 e. The van der Waals surface area contributed by atoms with E-state index in [1.54, 1.807) is 12.1 Å². The van der Waals surface area contributed by atoms with E-state index in [1.165, 1.54) is 24.1 Å². The van der Waals surface area contributed by atoms with Gasteiger partial charge in [0.1, 0.15) is 12.4 Å². The monoisotopic (exact) mass is 343 g/mol. The maximum Gasteiger partial charge on any atom is 0.410 e. The topological polar surface area (TPSA) is 93.1 Å². The van der Waals surface area contributed by atoms with E-state index in [4.69, 9.17) is 9.47 Å². The molecule has 0 radical (unpaired) electrons. The number of hydrogen-bond acceptors (Lipinski definition) is 6. The predicted molar refractivity (Wildman–Crippen MR) is 83.2 cm³/mol. The Morgan fingerprint density at radius 3 is 2.65 bits per heavy atom. The van der Waals surface area contributed by atoms with Gasteiger partial charge in [-0.05, 0) is 37.1 Å². The fourth-order valence-corrected chi connectivity index (χ4v) is 3.58. The molecule has 7 nitrogen and oxygen atoms in total. The van der Waals surface area contributed by atoms with Gasteiger partial charge >= 0.3 is 6.09 Å². The Balaban J connectivity index is 1.88. The third-order valence-corrected chi connectivity index (χ3v) is 5.51. The number of aliphatic hydroxyl groups is 1. The average molecular weight is 343 g/mol. The second-order valence-electron chi connectivity index (χ2n) is 5.28. The van der Waals surface area contributed by atoms with Gasteiger partial charge in [-0.2, -0.15) is 0 Å². The van der Waals surface area contributed by atoms with Crippen LogP contribution in [-0.2, 0) is 14.6 Å². The van der Waals surface area contributed by atoms with Crippen molar-refractivity contribution >= 4 is 15.9 Å². The van der Waals surface area contributed by atoms with Gasteiger partial charge in [0.25, 0.3) is 0 Å². The molecule has 1 unspecified atom stereocenters. The molecule has 0 aromatic heterocycles. The zero-order chi connectivity index (χ0) is 16.9. The van der Waals surface area contributed by atoms with E-state index in [0.29, 0.717) is 12.3 Å². The largest absolute Gasteiger partial charge is 0.497 e. The van der Waals surface area contributed by atoms with Crippen LogP contribution in [-0.4, -0.2) is 63.2 Å². The van der Waals surface area contributed by atoms with E-state index >= 15 is 0 Å². The first-order valence-electron chi connectivity index (χ1n) is 7.39. The standard InChI is InChI=1S/C15H21NO6S/c1-21-13-4-6-14(7-5-13)23(19,20)10-9-22-15(18)16-8-2-3-12(16)11-17/h4-7,12,17H,2-3,8-11H2,1H3. The summed E-state index contributed by atoms with van der Waals surface area (Å²) in [5.41, 5.74) is 0. The molecule has 0 saturated carbocycles. The van der Waals surface area contributed by atoms with E-state index in [-0.39, 0.29) is 29.9 Å². The molecule has 1 aromatic rings. The van der Waals surface area contributed by atoms with Gasteiger partial charge in [-0.3, -0.25) is 0 Å².